The van der Waals surface area contributed by atoms with Crippen molar-refractivity contribution in [3.8, 4) is 0 Å². The van der Waals surface area contributed by atoms with Crippen LogP contribution in [0.2, 0.25) is 0 Å². The van der Waals surface area contributed by atoms with E-state index in [-0.39, 0.29) is 12.4 Å². The van der Waals surface area contributed by atoms with E-state index in [2.05, 4.69) is 13.8 Å². The third kappa shape index (κ3) is 6.75. The van der Waals surface area contributed by atoms with Crippen LogP contribution >= 0.6 is 0 Å². The van der Waals surface area contributed by atoms with E-state index >= 15 is 0 Å². The molecule has 0 aromatic carbocycles. The van der Waals surface area contributed by atoms with Crippen LogP contribution in [0.15, 0.2) is 0 Å². The largest absolute Gasteiger partial charge is 1.00 e. The van der Waals surface area contributed by atoms with Gasteiger partial charge in [0.05, 0.1) is 19.6 Å². The summed E-state index contributed by atoms with van der Waals surface area (Å²) in [5.74, 6) is 1.07. The molecule has 1 aliphatic heterocycles. The Morgan fingerprint density at radius 2 is 1.56 bits per heavy atom. The maximum absolute atomic E-state index is 2.31. The SMILES string of the molecule is CCCCC[NH+]1CCC(CCCC)CC1.[Cl-]. The van der Waals surface area contributed by atoms with Crippen molar-refractivity contribution in [2.75, 3.05) is 19.6 Å². The summed E-state index contributed by atoms with van der Waals surface area (Å²) in [7, 11) is 0. The van der Waals surface area contributed by atoms with E-state index < -0.39 is 0 Å². The highest BCUT2D eigenvalue weighted by Gasteiger charge is 2.20. The summed E-state index contributed by atoms with van der Waals surface area (Å²) in [4.78, 5) is 1.89. The fourth-order valence-electron chi connectivity index (χ4n) is 2.74. The van der Waals surface area contributed by atoms with Crippen molar-refractivity contribution < 1.29 is 17.3 Å². The maximum atomic E-state index is 2.31. The molecule has 0 amide bonds. The van der Waals surface area contributed by atoms with Crippen LogP contribution < -0.4 is 17.3 Å². The van der Waals surface area contributed by atoms with Gasteiger partial charge in [0.25, 0.3) is 0 Å². The maximum Gasteiger partial charge on any atom is 0.0773 e. The van der Waals surface area contributed by atoms with Crippen LogP contribution in [-0.4, -0.2) is 19.6 Å². The number of piperidine rings is 1. The first-order valence-corrected chi connectivity index (χ1v) is 7.20. The average Bonchev–Trinajstić information content (AvgIpc) is 2.28. The van der Waals surface area contributed by atoms with Gasteiger partial charge in [-0.1, -0.05) is 39.5 Å². The summed E-state index contributed by atoms with van der Waals surface area (Å²) >= 11 is 0. The second-order valence-corrected chi connectivity index (χ2v) is 5.29. The Balaban J connectivity index is 0.00000225. The highest BCUT2D eigenvalue weighted by molar-refractivity contribution is 4.62. The van der Waals surface area contributed by atoms with Gasteiger partial charge in [0, 0.05) is 0 Å². The number of likely N-dealkylation sites (tertiary alicyclic amines) is 1. The van der Waals surface area contributed by atoms with Crippen molar-refractivity contribution >= 4 is 0 Å². The first-order valence-electron chi connectivity index (χ1n) is 7.20. The smallest absolute Gasteiger partial charge is 0.0773 e. The average molecular weight is 248 g/mol. The minimum Gasteiger partial charge on any atom is -1.00 e. The van der Waals surface area contributed by atoms with Crippen LogP contribution in [0.5, 0.6) is 0 Å². The molecule has 0 bridgehead atoms. The zero-order valence-corrected chi connectivity index (χ0v) is 12.0. The van der Waals surface area contributed by atoms with Gasteiger partial charge < -0.3 is 17.3 Å². The Kier molecular flexibility index (Phi) is 10.6. The van der Waals surface area contributed by atoms with Crippen LogP contribution in [0, 0.1) is 5.92 Å². The number of halogens is 1. The van der Waals surface area contributed by atoms with Gasteiger partial charge in [0.2, 0.25) is 0 Å². The summed E-state index contributed by atoms with van der Waals surface area (Å²) < 4.78 is 0. The molecule has 0 spiro atoms. The fourth-order valence-corrected chi connectivity index (χ4v) is 2.74. The summed E-state index contributed by atoms with van der Waals surface area (Å²) in [6.45, 7) is 8.96. The van der Waals surface area contributed by atoms with E-state index in [0.717, 1.165) is 5.92 Å². The van der Waals surface area contributed by atoms with Crippen molar-refractivity contribution in [3.05, 3.63) is 0 Å². The van der Waals surface area contributed by atoms with Crippen LogP contribution in [0.3, 0.4) is 0 Å². The number of unbranched alkanes of at least 4 members (excludes halogenated alkanes) is 3. The van der Waals surface area contributed by atoms with Crippen LogP contribution in [0.25, 0.3) is 0 Å². The Bertz CT molecular complexity index is 142. The predicted molar refractivity (Wildman–Crippen MR) is 67.3 cm³/mol. The second-order valence-electron chi connectivity index (χ2n) is 5.29. The third-order valence-electron chi connectivity index (χ3n) is 3.91. The van der Waals surface area contributed by atoms with Gasteiger partial charge in [-0.25, -0.2) is 0 Å². The lowest BCUT2D eigenvalue weighted by molar-refractivity contribution is -0.906. The zero-order chi connectivity index (χ0) is 10.9. The van der Waals surface area contributed by atoms with Gasteiger partial charge in [0.1, 0.15) is 0 Å². The van der Waals surface area contributed by atoms with Crippen LogP contribution in [0.4, 0.5) is 0 Å². The minimum absolute atomic E-state index is 0. The standard InChI is InChI=1S/C14H29N.ClH/c1-3-5-7-11-15-12-9-14(10-13-15)8-6-4-2;/h14H,3-13H2,1-2H3;1H. The van der Waals surface area contributed by atoms with E-state index in [0.29, 0.717) is 0 Å². The molecule has 0 aromatic rings. The number of hydrogen-bond acceptors (Lipinski definition) is 0. The third-order valence-corrected chi connectivity index (χ3v) is 3.91. The zero-order valence-electron chi connectivity index (χ0n) is 11.2. The monoisotopic (exact) mass is 247 g/mol. The van der Waals surface area contributed by atoms with Crippen molar-refractivity contribution in [2.24, 2.45) is 5.92 Å². The van der Waals surface area contributed by atoms with E-state index in [9.17, 15) is 0 Å². The predicted octanol–water partition coefficient (Wildman–Crippen LogP) is -0.334. The molecule has 0 radical (unpaired) electrons. The van der Waals surface area contributed by atoms with Crippen molar-refractivity contribution in [2.45, 2.75) is 65.2 Å². The highest BCUT2D eigenvalue weighted by Crippen LogP contribution is 2.16. The summed E-state index contributed by atoms with van der Waals surface area (Å²) in [6, 6.07) is 0. The molecule has 2 heteroatoms. The molecule has 0 aliphatic carbocycles. The molecule has 0 saturated carbocycles. The molecule has 0 atom stereocenters. The number of hydrogen-bond donors (Lipinski definition) is 1. The van der Waals surface area contributed by atoms with Gasteiger partial charge in [-0.3, -0.25) is 0 Å². The van der Waals surface area contributed by atoms with E-state index in [1.54, 1.807) is 0 Å². The molecule has 1 aliphatic rings. The molecular formula is C14H30ClN. The lowest BCUT2D eigenvalue weighted by atomic mass is 9.91. The lowest BCUT2D eigenvalue weighted by Gasteiger charge is -2.29. The lowest BCUT2D eigenvalue weighted by Crippen LogP contribution is -3.13. The molecule has 0 aromatic heterocycles. The molecule has 16 heavy (non-hydrogen) atoms. The fraction of sp³-hybridized carbons (Fsp3) is 1.00. The Hall–Kier alpha value is 0.250. The normalized spacial score (nSPS) is 25.1. The van der Waals surface area contributed by atoms with Crippen molar-refractivity contribution in [1.29, 1.82) is 0 Å². The number of quaternary nitrogens is 1. The molecule has 1 heterocycles. The van der Waals surface area contributed by atoms with Crippen molar-refractivity contribution in [1.82, 2.24) is 0 Å². The summed E-state index contributed by atoms with van der Waals surface area (Å²) in [5.41, 5.74) is 0. The van der Waals surface area contributed by atoms with Crippen molar-refractivity contribution in [3.63, 3.8) is 0 Å². The molecule has 1 N–H and O–H groups in total. The molecule has 98 valence electrons. The van der Waals surface area contributed by atoms with Crippen LogP contribution in [0.1, 0.15) is 65.2 Å². The topological polar surface area (TPSA) is 4.44 Å². The second kappa shape index (κ2) is 10.4. The van der Waals surface area contributed by atoms with Gasteiger partial charge in [-0.05, 0) is 31.6 Å². The molecule has 1 saturated heterocycles. The van der Waals surface area contributed by atoms with Gasteiger partial charge in [-0.15, -0.1) is 0 Å². The Morgan fingerprint density at radius 3 is 2.12 bits per heavy atom. The van der Waals surface area contributed by atoms with Crippen LogP contribution in [-0.2, 0) is 0 Å². The van der Waals surface area contributed by atoms with Gasteiger partial charge >= 0.3 is 0 Å². The summed E-state index contributed by atoms with van der Waals surface area (Å²) in [5, 5.41) is 0. The first-order chi connectivity index (χ1) is 7.36. The quantitative estimate of drug-likeness (QED) is 0.588. The number of rotatable bonds is 7. The van der Waals surface area contributed by atoms with Gasteiger partial charge in [0.15, 0.2) is 0 Å². The highest BCUT2D eigenvalue weighted by atomic mass is 35.5. The first kappa shape index (κ1) is 16.2. The van der Waals surface area contributed by atoms with E-state index in [4.69, 9.17) is 0 Å². The molecule has 1 fully saturated rings. The number of nitrogens with one attached hydrogen (secondary N) is 1. The minimum atomic E-state index is 0. The van der Waals surface area contributed by atoms with E-state index in [1.807, 2.05) is 4.90 Å². The molecule has 0 unspecified atom stereocenters. The molecular weight excluding hydrogens is 218 g/mol. The van der Waals surface area contributed by atoms with E-state index in [1.165, 1.54) is 71.0 Å². The molecule has 1 rings (SSSR count). The Labute approximate surface area is 108 Å². The Morgan fingerprint density at radius 1 is 0.938 bits per heavy atom. The van der Waals surface area contributed by atoms with Gasteiger partial charge in [-0.2, -0.15) is 0 Å². The summed E-state index contributed by atoms with van der Waals surface area (Å²) in [6.07, 6.45) is 11.6. The molecule has 1 nitrogen and oxygen atoms in total.